The van der Waals surface area contributed by atoms with Gasteiger partial charge in [0.2, 0.25) is 0 Å². The third kappa shape index (κ3) is 3.12. The Morgan fingerprint density at radius 1 is 1.29 bits per heavy atom. The summed E-state index contributed by atoms with van der Waals surface area (Å²) >= 11 is 0. The first-order chi connectivity index (χ1) is 10.1. The fourth-order valence-electron chi connectivity index (χ4n) is 2.28. The lowest BCUT2D eigenvalue weighted by Crippen LogP contribution is -2.34. The van der Waals surface area contributed by atoms with Crippen molar-refractivity contribution in [2.45, 2.75) is 25.9 Å². The van der Waals surface area contributed by atoms with Crippen molar-refractivity contribution in [3.8, 4) is 11.5 Å². The maximum atomic E-state index is 12.8. The summed E-state index contributed by atoms with van der Waals surface area (Å²) in [5.41, 5.74) is -0.199. The predicted octanol–water partition coefficient (Wildman–Crippen LogP) is 2.79. The van der Waals surface area contributed by atoms with Crippen LogP contribution in [0.2, 0.25) is 0 Å². The Balaban J connectivity index is 2.36. The molecule has 21 heavy (non-hydrogen) atoms. The van der Waals surface area contributed by atoms with Crippen LogP contribution in [-0.2, 0) is 24.8 Å². The molecule has 0 aromatic heterocycles. The van der Waals surface area contributed by atoms with E-state index in [2.05, 4.69) is 0 Å². The largest absolute Gasteiger partial charge is 0.493 e. The molecule has 1 heterocycles. The van der Waals surface area contributed by atoms with Crippen LogP contribution in [0.4, 0.5) is 0 Å². The molecule has 7 heteroatoms. The van der Waals surface area contributed by atoms with E-state index in [1.807, 2.05) is 0 Å². The summed E-state index contributed by atoms with van der Waals surface area (Å²) in [7, 11) is -2.04. The van der Waals surface area contributed by atoms with E-state index in [0.29, 0.717) is 11.5 Å². The number of para-hydroxylation sites is 1. The number of ether oxygens (including phenoxy) is 2. The lowest BCUT2D eigenvalue weighted by Gasteiger charge is -2.29. The highest BCUT2D eigenvalue weighted by molar-refractivity contribution is 7.55. The van der Waals surface area contributed by atoms with Crippen LogP contribution >= 0.6 is 7.60 Å². The smallest absolute Gasteiger partial charge is 0.345 e. The van der Waals surface area contributed by atoms with Crippen LogP contribution < -0.4 is 9.47 Å². The van der Waals surface area contributed by atoms with Gasteiger partial charge in [-0.15, -0.1) is 0 Å². The van der Waals surface area contributed by atoms with Crippen molar-refractivity contribution in [1.29, 1.82) is 0 Å². The summed E-state index contributed by atoms with van der Waals surface area (Å²) in [5, 5.41) is 0. The van der Waals surface area contributed by atoms with Gasteiger partial charge in [-0.25, -0.2) is 0 Å². The lowest BCUT2D eigenvalue weighted by molar-refractivity contribution is -0.135. The molecule has 0 bridgehead atoms. The van der Waals surface area contributed by atoms with Crippen molar-refractivity contribution in [2.75, 3.05) is 20.3 Å². The van der Waals surface area contributed by atoms with E-state index in [0.717, 1.165) is 5.56 Å². The molecule has 0 spiro atoms. The minimum atomic E-state index is -3.55. The Kier molecular flexibility index (Phi) is 5.04. The molecule has 0 fully saturated rings. The van der Waals surface area contributed by atoms with Crippen LogP contribution in [0.25, 0.3) is 0 Å². The van der Waals surface area contributed by atoms with Gasteiger partial charge in [0.25, 0.3) is 0 Å². The number of hydrogen-bond donors (Lipinski definition) is 0. The third-order valence-electron chi connectivity index (χ3n) is 3.17. The fourth-order valence-corrected chi connectivity index (χ4v) is 4.16. The molecule has 116 valence electrons. The van der Waals surface area contributed by atoms with Crippen LogP contribution in [0.3, 0.4) is 0 Å². The number of fused-ring (bicyclic) bond motifs is 1. The number of esters is 1. The van der Waals surface area contributed by atoms with Gasteiger partial charge in [-0.1, -0.05) is 12.1 Å². The topological polar surface area (TPSA) is 71.1 Å². The van der Waals surface area contributed by atoms with Crippen molar-refractivity contribution >= 4 is 13.6 Å². The molecule has 1 aliphatic rings. The SMILES string of the molecule is CCOP(=O)(OCC)C1Cc2cccc(OC)c2OC1=O. The maximum absolute atomic E-state index is 12.8. The average Bonchev–Trinajstić information content (AvgIpc) is 2.46. The molecule has 0 N–H and O–H groups in total. The third-order valence-corrected chi connectivity index (χ3v) is 5.56. The minimum absolute atomic E-state index is 0.200. The van der Waals surface area contributed by atoms with Crippen molar-refractivity contribution in [3.05, 3.63) is 23.8 Å². The van der Waals surface area contributed by atoms with E-state index >= 15 is 0 Å². The summed E-state index contributed by atoms with van der Waals surface area (Å²) in [6.07, 6.45) is 0.239. The van der Waals surface area contributed by atoms with E-state index in [9.17, 15) is 9.36 Å². The van der Waals surface area contributed by atoms with Crippen molar-refractivity contribution < 1.29 is 27.9 Å². The summed E-state index contributed by atoms with van der Waals surface area (Å²) in [6, 6.07) is 5.30. The number of carbonyl (C=O) groups is 1. The molecule has 0 radical (unpaired) electrons. The minimum Gasteiger partial charge on any atom is -0.493 e. The second-order valence-electron chi connectivity index (χ2n) is 4.46. The molecule has 1 aromatic carbocycles. The van der Waals surface area contributed by atoms with Gasteiger partial charge in [-0.2, -0.15) is 0 Å². The van der Waals surface area contributed by atoms with Crippen LogP contribution in [0.15, 0.2) is 18.2 Å². The lowest BCUT2D eigenvalue weighted by atomic mass is 10.1. The molecule has 0 saturated carbocycles. The maximum Gasteiger partial charge on any atom is 0.345 e. The van der Waals surface area contributed by atoms with E-state index in [1.54, 1.807) is 32.0 Å². The Morgan fingerprint density at radius 2 is 1.95 bits per heavy atom. The monoisotopic (exact) mass is 314 g/mol. The summed E-state index contributed by atoms with van der Waals surface area (Å²) in [4.78, 5) is 12.2. The van der Waals surface area contributed by atoms with E-state index in [1.165, 1.54) is 7.11 Å². The highest BCUT2D eigenvalue weighted by Gasteiger charge is 2.45. The van der Waals surface area contributed by atoms with Crippen molar-refractivity contribution in [2.24, 2.45) is 0 Å². The molecular weight excluding hydrogens is 295 g/mol. The first-order valence-electron chi connectivity index (χ1n) is 6.82. The Labute approximate surface area is 123 Å². The zero-order valence-corrected chi connectivity index (χ0v) is 13.2. The van der Waals surface area contributed by atoms with Crippen LogP contribution in [0.5, 0.6) is 11.5 Å². The molecule has 0 saturated heterocycles. The number of carbonyl (C=O) groups excluding carboxylic acids is 1. The zero-order chi connectivity index (χ0) is 15.5. The van der Waals surface area contributed by atoms with E-state index < -0.39 is 19.2 Å². The van der Waals surface area contributed by atoms with Gasteiger partial charge in [-0.05, 0) is 19.9 Å². The van der Waals surface area contributed by atoms with Gasteiger partial charge in [-0.3, -0.25) is 9.36 Å². The molecule has 6 nitrogen and oxygen atoms in total. The molecule has 1 aliphatic heterocycles. The number of hydrogen-bond acceptors (Lipinski definition) is 6. The zero-order valence-electron chi connectivity index (χ0n) is 12.3. The van der Waals surface area contributed by atoms with Gasteiger partial charge in [0.05, 0.1) is 20.3 Å². The number of rotatable bonds is 6. The highest BCUT2D eigenvalue weighted by Crippen LogP contribution is 2.56. The summed E-state index contributed by atoms with van der Waals surface area (Å²) in [5.74, 6) is 0.236. The average molecular weight is 314 g/mol. The van der Waals surface area contributed by atoms with E-state index in [-0.39, 0.29) is 19.6 Å². The Hall–Kier alpha value is -1.36. The van der Waals surface area contributed by atoms with Crippen LogP contribution in [0.1, 0.15) is 19.4 Å². The van der Waals surface area contributed by atoms with Crippen LogP contribution in [-0.4, -0.2) is 32.0 Å². The Bertz CT molecular complexity index is 561. The molecule has 0 amide bonds. The second-order valence-corrected chi connectivity index (χ2v) is 6.68. The molecule has 1 atom stereocenters. The van der Waals surface area contributed by atoms with Gasteiger partial charge in [0, 0.05) is 12.0 Å². The Morgan fingerprint density at radius 3 is 2.52 bits per heavy atom. The fraction of sp³-hybridized carbons (Fsp3) is 0.500. The first-order valence-corrected chi connectivity index (χ1v) is 8.43. The van der Waals surface area contributed by atoms with Crippen molar-refractivity contribution in [1.82, 2.24) is 0 Å². The highest BCUT2D eigenvalue weighted by atomic mass is 31.2. The molecule has 0 aliphatic carbocycles. The number of benzene rings is 1. The molecular formula is C14H19O6P. The summed E-state index contributed by atoms with van der Waals surface area (Å²) in [6.45, 7) is 3.81. The number of methoxy groups -OCH3 is 1. The normalized spacial score (nSPS) is 18.0. The molecule has 1 unspecified atom stereocenters. The molecule has 1 aromatic rings. The quantitative estimate of drug-likeness (QED) is 0.457. The second kappa shape index (κ2) is 6.60. The van der Waals surface area contributed by atoms with Crippen molar-refractivity contribution in [3.63, 3.8) is 0 Å². The summed E-state index contributed by atoms with van der Waals surface area (Å²) < 4.78 is 33.7. The molecule has 2 rings (SSSR count). The van der Waals surface area contributed by atoms with Gasteiger partial charge in [0.15, 0.2) is 17.2 Å². The van der Waals surface area contributed by atoms with E-state index in [4.69, 9.17) is 18.5 Å². The van der Waals surface area contributed by atoms with Crippen LogP contribution in [0, 0.1) is 0 Å². The van der Waals surface area contributed by atoms with Gasteiger partial charge < -0.3 is 18.5 Å². The van der Waals surface area contributed by atoms with Gasteiger partial charge >= 0.3 is 13.6 Å². The standard InChI is InChI=1S/C14H19O6P/c1-4-18-21(16,19-5-2)12-9-10-7-6-8-11(17-3)13(10)20-14(12)15/h6-8,12H,4-5,9H2,1-3H3. The van der Waals surface area contributed by atoms with Gasteiger partial charge in [0.1, 0.15) is 0 Å². The first kappa shape index (κ1) is 16.0. The predicted molar refractivity (Wildman–Crippen MR) is 77.0 cm³/mol.